The lowest BCUT2D eigenvalue weighted by Gasteiger charge is -2.09. The number of benzene rings is 1. The van der Waals surface area contributed by atoms with E-state index in [9.17, 15) is 14.0 Å². The van der Waals surface area contributed by atoms with Crippen LogP contribution in [0.25, 0.3) is 0 Å². The molecule has 0 aromatic heterocycles. The van der Waals surface area contributed by atoms with Gasteiger partial charge in [-0.3, -0.25) is 9.59 Å². The van der Waals surface area contributed by atoms with Crippen molar-refractivity contribution in [2.45, 2.75) is 18.9 Å². The minimum atomic E-state index is -0.735. The summed E-state index contributed by atoms with van der Waals surface area (Å²) in [6.07, 6.45) is -0.257. The molecule has 0 spiro atoms. The molecule has 1 aromatic carbocycles. The molecule has 1 atom stereocenters. The van der Waals surface area contributed by atoms with Gasteiger partial charge >= 0.3 is 0 Å². The van der Waals surface area contributed by atoms with Crippen LogP contribution in [-0.2, 0) is 19.2 Å². The Kier molecular flexibility index (Phi) is 6.68. The van der Waals surface area contributed by atoms with Crippen molar-refractivity contribution < 1.29 is 23.6 Å². The SMILES string of the molecule is COCCNC(=O)CCNC(=O)C1CC(c2ccc(F)cc2)=NO1. The molecule has 1 heterocycles. The van der Waals surface area contributed by atoms with Crippen LogP contribution in [0.4, 0.5) is 4.39 Å². The van der Waals surface area contributed by atoms with Crippen LogP contribution >= 0.6 is 0 Å². The van der Waals surface area contributed by atoms with Crippen LogP contribution < -0.4 is 10.6 Å². The number of hydrogen-bond acceptors (Lipinski definition) is 5. The standard InChI is InChI=1S/C16H20FN3O4/c1-23-9-8-18-15(21)6-7-19-16(22)14-10-13(20-24-14)11-2-4-12(17)5-3-11/h2-5,14H,6-10H2,1H3,(H,18,21)(H,19,22). The van der Waals surface area contributed by atoms with Gasteiger partial charge in [-0.05, 0) is 17.7 Å². The number of carbonyl (C=O) groups is 2. The molecule has 1 aliphatic heterocycles. The third kappa shape index (κ3) is 5.31. The summed E-state index contributed by atoms with van der Waals surface area (Å²) < 4.78 is 17.7. The van der Waals surface area contributed by atoms with Crippen molar-refractivity contribution in [2.24, 2.45) is 5.16 Å². The molecule has 2 rings (SSSR count). The molecule has 0 saturated heterocycles. The van der Waals surface area contributed by atoms with E-state index in [1.54, 1.807) is 19.2 Å². The maximum atomic E-state index is 12.9. The number of ether oxygens (including phenoxy) is 1. The monoisotopic (exact) mass is 337 g/mol. The Bertz CT molecular complexity index is 604. The van der Waals surface area contributed by atoms with E-state index in [2.05, 4.69) is 15.8 Å². The van der Waals surface area contributed by atoms with Crippen molar-refractivity contribution in [3.63, 3.8) is 0 Å². The normalized spacial score (nSPS) is 16.2. The second kappa shape index (κ2) is 8.97. The van der Waals surface area contributed by atoms with Crippen molar-refractivity contribution >= 4 is 17.5 Å². The first-order valence-corrected chi connectivity index (χ1v) is 7.62. The molecule has 2 N–H and O–H groups in total. The molecule has 0 saturated carbocycles. The second-order valence-corrected chi connectivity index (χ2v) is 5.23. The Balaban J connectivity index is 1.69. The summed E-state index contributed by atoms with van der Waals surface area (Å²) in [5.74, 6) is -0.833. The fourth-order valence-electron chi connectivity index (χ4n) is 2.12. The number of nitrogens with zero attached hydrogens (tertiary/aromatic N) is 1. The molecule has 0 radical (unpaired) electrons. The summed E-state index contributed by atoms with van der Waals surface area (Å²) in [6.45, 7) is 1.09. The maximum absolute atomic E-state index is 12.9. The van der Waals surface area contributed by atoms with Crippen LogP contribution in [0.2, 0.25) is 0 Å². The number of amides is 2. The van der Waals surface area contributed by atoms with Crippen LogP contribution in [0.15, 0.2) is 29.4 Å². The Morgan fingerprint density at radius 1 is 1.29 bits per heavy atom. The number of nitrogens with one attached hydrogen (secondary N) is 2. The minimum Gasteiger partial charge on any atom is -0.383 e. The third-order valence-corrected chi connectivity index (χ3v) is 3.42. The highest BCUT2D eigenvalue weighted by Gasteiger charge is 2.28. The van der Waals surface area contributed by atoms with Crippen molar-refractivity contribution in [3.05, 3.63) is 35.6 Å². The van der Waals surface area contributed by atoms with E-state index in [0.717, 1.165) is 0 Å². The zero-order chi connectivity index (χ0) is 17.4. The summed E-state index contributed by atoms with van der Waals surface area (Å²) >= 11 is 0. The molecule has 8 heteroatoms. The third-order valence-electron chi connectivity index (χ3n) is 3.42. The van der Waals surface area contributed by atoms with E-state index in [0.29, 0.717) is 30.8 Å². The van der Waals surface area contributed by atoms with E-state index in [1.807, 2.05) is 0 Å². The lowest BCUT2D eigenvalue weighted by atomic mass is 10.0. The van der Waals surface area contributed by atoms with Gasteiger partial charge in [0.2, 0.25) is 12.0 Å². The number of methoxy groups -OCH3 is 1. The van der Waals surface area contributed by atoms with Gasteiger partial charge in [-0.1, -0.05) is 17.3 Å². The first kappa shape index (κ1) is 17.9. The average molecular weight is 337 g/mol. The Hall–Kier alpha value is -2.48. The van der Waals surface area contributed by atoms with Crippen LogP contribution in [0.3, 0.4) is 0 Å². The lowest BCUT2D eigenvalue weighted by Crippen LogP contribution is -2.37. The fourth-order valence-corrected chi connectivity index (χ4v) is 2.12. The van der Waals surface area contributed by atoms with E-state index in [1.165, 1.54) is 12.1 Å². The van der Waals surface area contributed by atoms with Crippen molar-refractivity contribution in [3.8, 4) is 0 Å². The minimum absolute atomic E-state index is 0.164. The van der Waals surface area contributed by atoms with Gasteiger partial charge in [0.15, 0.2) is 0 Å². The number of carbonyl (C=O) groups excluding carboxylic acids is 2. The zero-order valence-electron chi connectivity index (χ0n) is 13.4. The number of oxime groups is 1. The molecular weight excluding hydrogens is 317 g/mol. The summed E-state index contributed by atoms with van der Waals surface area (Å²) in [5.41, 5.74) is 1.30. The molecular formula is C16H20FN3O4. The highest BCUT2D eigenvalue weighted by molar-refractivity contribution is 6.04. The number of halogens is 1. The number of hydrogen-bond donors (Lipinski definition) is 2. The zero-order valence-corrected chi connectivity index (χ0v) is 13.4. The van der Waals surface area contributed by atoms with Gasteiger partial charge in [0.1, 0.15) is 5.82 Å². The molecule has 1 unspecified atom stereocenters. The Labute approximate surface area is 139 Å². The van der Waals surface area contributed by atoms with Gasteiger partial charge in [0, 0.05) is 33.0 Å². The quantitative estimate of drug-likeness (QED) is 0.680. The molecule has 2 amide bonds. The maximum Gasteiger partial charge on any atom is 0.264 e. The van der Waals surface area contributed by atoms with Crippen molar-refractivity contribution in [1.82, 2.24) is 10.6 Å². The van der Waals surface area contributed by atoms with E-state index < -0.39 is 6.10 Å². The van der Waals surface area contributed by atoms with Crippen LogP contribution in [-0.4, -0.2) is 50.4 Å². The molecule has 24 heavy (non-hydrogen) atoms. The first-order chi connectivity index (χ1) is 11.6. The van der Waals surface area contributed by atoms with Gasteiger partial charge in [-0.2, -0.15) is 0 Å². The summed E-state index contributed by atoms with van der Waals surface area (Å²) in [4.78, 5) is 28.6. The average Bonchev–Trinajstić information content (AvgIpc) is 3.06. The molecule has 0 fully saturated rings. The van der Waals surface area contributed by atoms with Crippen molar-refractivity contribution in [2.75, 3.05) is 26.8 Å². The highest BCUT2D eigenvalue weighted by atomic mass is 19.1. The van der Waals surface area contributed by atoms with Gasteiger partial charge in [-0.15, -0.1) is 0 Å². The largest absolute Gasteiger partial charge is 0.383 e. The topological polar surface area (TPSA) is 89.0 Å². The van der Waals surface area contributed by atoms with E-state index >= 15 is 0 Å². The van der Waals surface area contributed by atoms with Gasteiger partial charge in [-0.25, -0.2) is 4.39 Å². The molecule has 0 bridgehead atoms. The van der Waals surface area contributed by atoms with Crippen LogP contribution in [0.5, 0.6) is 0 Å². The molecule has 130 valence electrons. The summed E-state index contributed by atoms with van der Waals surface area (Å²) in [5, 5.41) is 9.17. The second-order valence-electron chi connectivity index (χ2n) is 5.23. The van der Waals surface area contributed by atoms with Gasteiger partial charge in [0.05, 0.1) is 12.3 Å². The summed E-state index contributed by atoms with van der Waals surface area (Å²) in [6, 6.07) is 5.82. The predicted octanol–water partition coefficient (Wildman–Crippen LogP) is 0.588. The van der Waals surface area contributed by atoms with Crippen LogP contribution in [0, 0.1) is 5.82 Å². The van der Waals surface area contributed by atoms with Crippen molar-refractivity contribution in [1.29, 1.82) is 0 Å². The molecule has 1 aliphatic rings. The van der Waals surface area contributed by atoms with E-state index in [-0.39, 0.29) is 30.6 Å². The smallest absolute Gasteiger partial charge is 0.264 e. The fraction of sp³-hybridized carbons (Fsp3) is 0.438. The molecule has 7 nitrogen and oxygen atoms in total. The lowest BCUT2D eigenvalue weighted by molar-refractivity contribution is -0.131. The van der Waals surface area contributed by atoms with Gasteiger partial charge < -0.3 is 20.2 Å². The number of rotatable bonds is 8. The van der Waals surface area contributed by atoms with Gasteiger partial charge in [0.25, 0.3) is 5.91 Å². The highest BCUT2D eigenvalue weighted by Crippen LogP contribution is 2.17. The summed E-state index contributed by atoms with van der Waals surface area (Å²) in [7, 11) is 1.55. The first-order valence-electron chi connectivity index (χ1n) is 7.62. The van der Waals surface area contributed by atoms with Crippen LogP contribution in [0.1, 0.15) is 18.4 Å². The Morgan fingerprint density at radius 2 is 2.04 bits per heavy atom. The van der Waals surface area contributed by atoms with E-state index in [4.69, 9.17) is 9.57 Å². The molecule has 0 aliphatic carbocycles. The predicted molar refractivity (Wildman–Crippen MR) is 84.9 cm³/mol. The molecule has 1 aromatic rings. The Morgan fingerprint density at radius 3 is 2.75 bits per heavy atom.